The average Bonchev–Trinajstić information content (AvgIpc) is 2.42. The molecule has 1 N–H and O–H groups in total. The van der Waals surface area contributed by atoms with E-state index in [-0.39, 0.29) is 10.6 Å². The summed E-state index contributed by atoms with van der Waals surface area (Å²) in [6, 6.07) is 6.41. The quantitative estimate of drug-likeness (QED) is 0.877. The molecule has 0 unspecified atom stereocenters. The maximum Gasteiger partial charge on any atom is 0.240 e. The number of anilines is 1. The van der Waals surface area contributed by atoms with Crippen molar-refractivity contribution in [2.45, 2.75) is 4.90 Å². The zero-order valence-corrected chi connectivity index (χ0v) is 11.8. The van der Waals surface area contributed by atoms with Gasteiger partial charge in [-0.25, -0.2) is 21.6 Å². The number of carbonyl (C=O) groups is 1. The number of amides is 1. The molecule has 0 atom stereocenters. The molecule has 0 aliphatic carbocycles. The Morgan fingerprint density at radius 1 is 0.955 bits per heavy atom. The lowest BCUT2D eigenvalue weighted by molar-refractivity contribution is -0.113. The van der Waals surface area contributed by atoms with Gasteiger partial charge in [0.05, 0.1) is 10.6 Å². The summed E-state index contributed by atoms with van der Waals surface area (Å²) in [5.74, 6) is -4.40. The Labute approximate surface area is 124 Å². The Kier molecular flexibility index (Phi) is 4.51. The SMILES string of the molecule is O=C(CS(=O)(=O)c1ccc(F)cc1)Nc1ccc(F)cc1F. The lowest BCUT2D eigenvalue weighted by Crippen LogP contribution is -2.23. The van der Waals surface area contributed by atoms with Gasteiger partial charge in [0.15, 0.2) is 9.84 Å². The van der Waals surface area contributed by atoms with Crippen LogP contribution in [0.2, 0.25) is 0 Å². The number of carbonyl (C=O) groups excluding carboxylic acids is 1. The maximum atomic E-state index is 13.4. The minimum absolute atomic E-state index is 0.233. The Morgan fingerprint density at radius 2 is 1.55 bits per heavy atom. The fourth-order valence-electron chi connectivity index (χ4n) is 1.67. The fourth-order valence-corrected chi connectivity index (χ4v) is 2.81. The number of rotatable bonds is 4. The Balaban J connectivity index is 2.12. The molecule has 0 saturated heterocycles. The second-order valence-corrected chi connectivity index (χ2v) is 6.37. The van der Waals surface area contributed by atoms with E-state index in [4.69, 9.17) is 0 Å². The first kappa shape index (κ1) is 16.0. The Morgan fingerprint density at radius 3 is 2.14 bits per heavy atom. The number of benzene rings is 2. The second-order valence-electron chi connectivity index (χ2n) is 4.39. The van der Waals surface area contributed by atoms with Crippen LogP contribution < -0.4 is 5.32 Å². The molecular weight excluding hydrogens is 319 g/mol. The molecular formula is C14H10F3NO3S. The van der Waals surface area contributed by atoms with E-state index in [0.717, 1.165) is 36.4 Å². The second kappa shape index (κ2) is 6.18. The standard InChI is InChI=1S/C14H10F3NO3S/c15-9-1-4-11(5-2-9)22(20,21)8-14(19)18-13-6-3-10(16)7-12(13)17/h1-7H,8H2,(H,18,19). The largest absolute Gasteiger partial charge is 0.323 e. The third-order valence-electron chi connectivity index (χ3n) is 2.70. The van der Waals surface area contributed by atoms with Crippen LogP contribution in [-0.4, -0.2) is 20.1 Å². The summed E-state index contributed by atoms with van der Waals surface area (Å²) in [7, 11) is -3.99. The smallest absolute Gasteiger partial charge is 0.240 e. The molecule has 0 aromatic heterocycles. The van der Waals surface area contributed by atoms with E-state index in [0.29, 0.717) is 6.07 Å². The number of sulfone groups is 1. The van der Waals surface area contributed by atoms with Gasteiger partial charge in [-0.2, -0.15) is 0 Å². The summed E-state index contributed by atoms with van der Waals surface area (Å²) in [5, 5.41) is 2.04. The van der Waals surface area contributed by atoms with Gasteiger partial charge in [0.2, 0.25) is 5.91 Å². The van der Waals surface area contributed by atoms with Gasteiger partial charge in [0.1, 0.15) is 23.2 Å². The molecule has 0 aliphatic heterocycles. The van der Waals surface area contributed by atoms with Crippen LogP contribution in [0.3, 0.4) is 0 Å². The van der Waals surface area contributed by atoms with Crippen LogP contribution in [0.1, 0.15) is 0 Å². The summed E-state index contributed by atoms with van der Waals surface area (Å²) in [5.41, 5.74) is -0.333. The van der Waals surface area contributed by atoms with Crippen LogP contribution in [0.15, 0.2) is 47.4 Å². The molecule has 22 heavy (non-hydrogen) atoms. The first-order valence-corrected chi connectivity index (χ1v) is 7.66. The van der Waals surface area contributed by atoms with Gasteiger partial charge >= 0.3 is 0 Å². The van der Waals surface area contributed by atoms with Gasteiger partial charge in [-0.3, -0.25) is 4.79 Å². The van der Waals surface area contributed by atoms with Crippen molar-refractivity contribution >= 4 is 21.4 Å². The maximum absolute atomic E-state index is 13.4. The Bertz CT molecular complexity index is 805. The van der Waals surface area contributed by atoms with Crippen molar-refractivity contribution in [3.8, 4) is 0 Å². The minimum Gasteiger partial charge on any atom is -0.323 e. The van der Waals surface area contributed by atoms with E-state index in [9.17, 15) is 26.4 Å². The summed E-state index contributed by atoms with van der Waals surface area (Å²) in [6.07, 6.45) is 0. The average molecular weight is 329 g/mol. The molecule has 0 aliphatic rings. The summed E-state index contributed by atoms with van der Waals surface area (Å²) < 4.78 is 62.7. The van der Waals surface area contributed by atoms with Crippen molar-refractivity contribution in [3.63, 3.8) is 0 Å². The van der Waals surface area contributed by atoms with E-state index in [2.05, 4.69) is 0 Å². The van der Waals surface area contributed by atoms with E-state index < -0.39 is 38.9 Å². The zero-order valence-electron chi connectivity index (χ0n) is 11.0. The van der Waals surface area contributed by atoms with Gasteiger partial charge in [-0.1, -0.05) is 0 Å². The van der Waals surface area contributed by atoms with Gasteiger partial charge in [-0.15, -0.1) is 0 Å². The normalized spacial score (nSPS) is 11.2. The Hall–Kier alpha value is -2.35. The van der Waals surface area contributed by atoms with Crippen LogP contribution in [0.5, 0.6) is 0 Å². The van der Waals surface area contributed by atoms with Crippen molar-refractivity contribution in [2.24, 2.45) is 0 Å². The first-order valence-electron chi connectivity index (χ1n) is 6.01. The molecule has 0 bridgehead atoms. The monoisotopic (exact) mass is 329 g/mol. The van der Waals surface area contributed by atoms with Gasteiger partial charge in [0.25, 0.3) is 0 Å². The highest BCUT2D eigenvalue weighted by molar-refractivity contribution is 7.92. The van der Waals surface area contributed by atoms with Crippen LogP contribution in [0, 0.1) is 17.5 Å². The highest BCUT2D eigenvalue weighted by Gasteiger charge is 2.20. The van der Waals surface area contributed by atoms with E-state index in [1.54, 1.807) is 0 Å². The molecule has 0 heterocycles. The predicted octanol–water partition coefficient (Wildman–Crippen LogP) is 2.52. The molecule has 116 valence electrons. The number of nitrogens with one attached hydrogen (secondary N) is 1. The molecule has 8 heteroatoms. The van der Waals surface area contributed by atoms with Crippen molar-refractivity contribution in [1.82, 2.24) is 0 Å². The topological polar surface area (TPSA) is 63.2 Å². The molecule has 1 amide bonds. The van der Waals surface area contributed by atoms with Gasteiger partial charge in [-0.05, 0) is 36.4 Å². The van der Waals surface area contributed by atoms with Crippen LogP contribution in [0.25, 0.3) is 0 Å². The number of hydrogen-bond acceptors (Lipinski definition) is 3. The van der Waals surface area contributed by atoms with Crippen molar-refractivity contribution in [3.05, 3.63) is 59.9 Å². The lowest BCUT2D eigenvalue weighted by Gasteiger charge is -2.07. The molecule has 4 nitrogen and oxygen atoms in total. The third kappa shape index (κ3) is 3.85. The lowest BCUT2D eigenvalue weighted by atomic mass is 10.3. The number of halogens is 3. The van der Waals surface area contributed by atoms with E-state index >= 15 is 0 Å². The minimum atomic E-state index is -3.99. The predicted molar refractivity (Wildman–Crippen MR) is 73.4 cm³/mol. The van der Waals surface area contributed by atoms with Gasteiger partial charge in [0, 0.05) is 6.07 Å². The molecule has 0 fully saturated rings. The third-order valence-corrected chi connectivity index (χ3v) is 4.33. The molecule has 2 aromatic rings. The van der Waals surface area contributed by atoms with Crippen molar-refractivity contribution in [2.75, 3.05) is 11.1 Å². The van der Waals surface area contributed by atoms with E-state index in [1.807, 2.05) is 5.32 Å². The van der Waals surface area contributed by atoms with Crippen molar-refractivity contribution < 1.29 is 26.4 Å². The highest BCUT2D eigenvalue weighted by Crippen LogP contribution is 2.16. The number of hydrogen-bond donors (Lipinski definition) is 1. The molecule has 0 saturated carbocycles. The van der Waals surface area contributed by atoms with Gasteiger partial charge < -0.3 is 5.32 Å². The van der Waals surface area contributed by atoms with E-state index in [1.165, 1.54) is 0 Å². The first-order chi connectivity index (χ1) is 10.3. The molecule has 0 radical (unpaired) electrons. The highest BCUT2D eigenvalue weighted by atomic mass is 32.2. The summed E-state index contributed by atoms with van der Waals surface area (Å²) in [6.45, 7) is 0. The van der Waals surface area contributed by atoms with Crippen molar-refractivity contribution in [1.29, 1.82) is 0 Å². The molecule has 2 rings (SSSR count). The molecule has 2 aromatic carbocycles. The zero-order chi connectivity index (χ0) is 16.3. The van der Waals surface area contributed by atoms with Crippen LogP contribution >= 0.6 is 0 Å². The van der Waals surface area contributed by atoms with Crippen LogP contribution in [-0.2, 0) is 14.6 Å². The summed E-state index contributed by atoms with van der Waals surface area (Å²) >= 11 is 0. The summed E-state index contributed by atoms with van der Waals surface area (Å²) in [4.78, 5) is 11.4. The molecule has 0 spiro atoms. The van der Waals surface area contributed by atoms with Crippen LogP contribution in [0.4, 0.5) is 18.9 Å². The fraction of sp³-hybridized carbons (Fsp3) is 0.0714.